The number of halogens is 2. The molecule has 2 rings (SSSR count). The first-order valence-electron chi connectivity index (χ1n) is 6.47. The molecule has 0 aliphatic heterocycles. The van der Waals surface area contributed by atoms with Crippen LogP contribution in [0.3, 0.4) is 0 Å². The Labute approximate surface area is 123 Å². The molecule has 2 nitrogen and oxygen atoms in total. The highest BCUT2D eigenvalue weighted by atomic mass is 35.5. The van der Waals surface area contributed by atoms with E-state index in [1.807, 2.05) is 31.2 Å². The van der Waals surface area contributed by atoms with E-state index in [2.05, 4.69) is 0 Å². The zero-order valence-electron chi connectivity index (χ0n) is 11.5. The molecule has 0 amide bonds. The van der Waals surface area contributed by atoms with Gasteiger partial charge in [0.1, 0.15) is 11.6 Å². The minimum Gasteiger partial charge on any atom is -0.494 e. The lowest BCUT2D eigenvalue weighted by Gasteiger charge is -2.18. The monoisotopic (exact) mass is 293 g/mol. The zero-order chi connectivity index (χ0) is 14.7. The first-order valence-corrected chi connectivity index (χ1v) is 6.85. The number of para-hydroxylation sites is 1. The van der Waals surface area contributed by atoms with Crippen molar-refractivity contribution in [2.24, 2.45) is 5.73 Å². The quantitative estimate of drug-likeness (QED) is 0.915. The van der Waals surface area contributed by atoms with E-state index in [4.69, 9.17) is 22.1 Å². The highest BCUT2D eigenvalue weighted by Crippen LogP contribution is 2.33. The van der Waals surface area contributed by atoms with Gasteiger partial charge in [-0.1, -0.05) is 29.8 Å². The molecule has 0 saturated carbocycles. The molecular formula is C16H17ClFNO. The lowest BCUT2D eigenvalue weighted by Crippen LogP contribution is -2.14. The summed E-state index contributed by atoms with van der Waals surface area (Å²) in [5.41, 5.74) is 8.33. The van der Waals surface area contributed by atoms with Gasteiger partial charge in [0.15, 0.2) is 0 Å². The van der Waals surface area contributed by atoms with Crippen molar-refractivity contribution < 1.29 is 9.13 Å². The van der Waals surface area contributed by atoms with Crippen molar-refractivity contribution in [3.05, 3.63) is 63.9 Å². The highest BCUT2D eigenvalue weighted by molar-refractivity contribution is 6.31. The van der Waals surface area contributed by atoms with Gasteiger partial charge in [0.25, 0.3) is 0 Å². The standard InChI is InChI=1S/C16H17ClFNO/c1-3-20-15-7-5-4-6-11(15)16(19)12-8-10(2)14(18)9-13(12)17/h4-9,16H,3,19H2,1-2H3. The van der Waals surface area contributed by atoms with Crippen molar-refractivity contribution in [1.82, 2.24) is 0 Å². The normalized spacial score (nSPS) is 12.2. The second-order valence-corrected chi connectivity index (χ2v) is 4.98. The summed E-state index contributed by atoms with van der Waals surface area (Å²) in [4.78, 5) is 0. The minimum absolute atomic E-state index is 0.326. The van der Waals surface area contributed by atoms with Gasteiger partial charge >= 0.3 is 0 Å². The van der Waals surface area contributed by atoms with Gasteiger partial charge in [-0.25, -0.2) is 4.39 Å². The van der Waals surface area contributed by atoms with Gasteiger partial charge in [-0.05, 0) is 43.2 Å². The number of hydrogen-bond acceptors (Lipinski definition) is 2. The van der Waals surface area contributed by atoms with Crippen LogP contribution in [-0.4, -0.2) is 6.61 Å². The average Bonchev–Trinajstić information content (AvgIpc) is 2.43. The fourth-order valence-corrected chi connectivity index (χ4v) is 2.38. The van der Waals surface area contributed by atoms with E-state index in [1.54, 1.807) is 13.0 Å². The molecule has 0 saturated heterocycles. The Hall–Kier alpha value is -1.58. The lowest BCUT2D eigenvalue weighted by atomic mass is 9.97. The van der Waals surface area contributed by atoms with E-state index in [9.17, 15) is 4.39 Å². The largest absolute Gasteiger partial charge is 0.494 e. The van der Waals surface area contributed by atoms with Crippen LogP contribution in [-0.2, 0) is 0 Å². The van der Waals surface area contributed by atoms with Crippen LogP contribution < -0.4 is 10.5 Å². The molecule has 0 aliphatic rings. The van der Waals surface area contributed by atoms with Crippen molar-refractivity contribution in [2.75, 3.05) is 6.61 Å². The zero-order valence-corrected chi connectivity index (χ0v) is 12.2. The van der Waals surface area contributed by atoms with Gasteiger partial charge in [0, 0.05) is 10.6 Å². The van der Waals surface area contributed by atoms with Crippen LogP contribution >= 0.6 is 11.6 Å². The van der Waals surface area contributed by atoms with Crippen LogP contribution in [0.5, 0.6) is 5.75 Å². The van der Waals surface area contributed by atoms with Gasteiger partial charge in [0.05, 0.1) is 12.6 Å². The van der Waals surface area contributed by atoms with Crippen molar-refractivity contribution in [3.63, 3.8) is 0 Å². The summed E-state index contributed by atoms with van der Waals surface area (Å²) in [6.45, 7) is 4.16. The molecule has 0 heterocycles. The molecule has 2 N–H and O–H groups in total. The maximum Gasteiger partial charge on any atom is 0.127 e. The third-order valence-corrected chi connectivity index (χ3v) is 3.49. The average molecular weight is 294 g/mol. The second-order valence-electron chi connectivity index (χ2n) is 4.57. The summed E-state index contributed by atoms with van der Waals surface area (Å²) in [6.07, 6.45) is 0. The molecule has 0 bridgehead atoms. The minimum atomic E-state index is -0.454. The summed E-state index contributed by atoms with van der Waals surface area (Å²) in [5.74, 6) is 0.393. The number of aryl methyl sites for hydroxylation is 1. The Balaban J connectivity index is 2.46. The van der Waals surface area contributed by atoms with Crippen LogP contribution in [0.4, 0.5) is 4.39 Å². The van der Waals surface area contributed by atoms with Gasteiger partial charge < -0.3 is 10.5 Å². The molecule has 0 aromatic heterocycles. The molecule has 2 aromatic carbocycles. The van der Waals surface area contributed by atoms with Crippen LogP contribution in [0.15, 0.2) is 36.4 Å². The Kier molecular flexibility index (Phi) is 4.63. The highest BCUT2D eigenvalue weighted by Gasteiger charge is 2.18. The fraction of sp³-hybridized carbons (Fsp3) is 0.250. The number of ether oxygens (including phenoxy) is 1. The summed E-state index contributed by atoms with van der Waals surface area (Å²) in [5, 5.41) is 0.326. The summed E-state index contributed by atoms with van der Waals surface area (Å²) >= 11 is 6.11. The van der Waals surface area contributed by atoms with Crippen LogP contribution in [0.25, 0.3) is 0 Å². The molecule has 0 fully saturated rings. The van der Waals surface area contributed by atoms with Crippen LogP contribution in [0.2, 0.25) is 5.02 Å². The fourth-order valence-electron chi connectivity index (χ4n) is 2.11. The predicted octanol–water partition coefficient (Wildman–Crippen LogP) is 4.23. The van der Waals surface area contributed by atoms with Gasteiger partial charge in [-0.15, -0.1) is 0 Å². The van der Waals surface area contributed by atoms with Crippen molar-refractivity contribution >= 4 is 11.6 Å². The summed E-state index contributed by atoms with van der Waals surface area (Å²) in [6, 6.07) is 10.1. The molecule has 0 radical (unpaired) electrons. The molecule has 4 heteroatoms. The first kappa shape index (κ1) is 14.8. The van der Waals surface area contributed by atoms with Gasteiger partial charge in [0.2, 0.25) is 0 Å². The predicted molar refractivity (Wildman–Crippen MR) is 79.8 cm³/mol. The molecule has 0 spiro atoms. The maximum atomic E-state index is 13.5. The van der Waals surface area contributed by atoms with E-state index in [-0.39, 0.29) is 5.82 Å². The molecule has 1 atom stereocenters. The Bertz CT molecular complexity index is 615. The van der Waals surface area contributed by atoms with E-state index in [1.165, 1.54) is 6.07 Å². The van der Waals surface area contributed by atoms with Crippen molar-refractivity contribution in [2.45, 2.75) is 19.9 Å². The van der Waals surface area contributed by atoms with E-state index >= 15 is 0 Å². The Morgan fingerprint density at radius 3 is 2.65 bits per heavy atom. The topological polar surface area (TPSA) is 35.2 Å². The SMILES string of the molecule is CCOc1ccccc1C(N)c1cc(C)c(F)cc1Cl. The molecule has 2 aromatic rings. The molecule has 106 valence electrons. The Morgan fingerprint density at radius 2 is 1.95 bits per heavy atom. The van der Waals surface area contributed by atoms with Gasteiger partial charge in [-0.2, -0.15) is 0 Å². The number of benzene rings is 2. The lowest BCUT2D eigenvalue weighted by molar-refractivity contribution is 0.335. The molecular weight excluding hydrogens is 277 g/mol. The second kappa shape index (κ2) is 6.25. The first-order chi connectivity index (χ1) is 9.54. The molecule has 20 heavy (non-hydrogen) atoms. The van der Waals surface area contributed by atoms with Gasteiger partial charge in [-0.3, -0.25) is 0 Å². The van der Waals surface area contributed by atoms with E-state index in [0.717, 1.165) is 11.3 Å². The van der Waals surface area contributed by atoms with E-state index < -0.39 is 6.04 Å². The van der Waals surface area contributed by atoms with Crippen LogP contribution in [0.1, 0.15) is 29.7 Å². The Morgan fingerprint density at radius 1 is 1.25 bits per heavy atom. The number of hydrogen-bond donors (Lipinski definition) is 1. The molecule has 0 aliphatic carbocycles. The van der Waals surface area contributed by atoms with Crippen molar-refractivity contribution in [1.29, 1.82) is 0 Å². The third-order valence-electron chi connectivity index (χ3n) is 3.17. The number of nitrogens with two attached hydrogens (primary N) is 1. The van der Waals surface area contributed by atoms with E-state index in [0.29, 0.717) is 22.8 Å². The van der Waals surface area contributed by atoms with Crippen LogP contribution in [0, 0.1) is 12.7 Å². The summed E-state index contributed by atoms with van der Waals surface area (Å²) in [7, 11) is 0. The third kappa shape index (κ3) is 2.94. The molecule has 1 unspecified atom stereocenters. The smallest absolute Gasteiger partial charge is 0.127 e. The summed E-state index contributed by atoms with van der Waals surface area (Å²) < 4.78 is 19.1. The maximum absolute atomic E-state index is 13.5. The number of rotatable bonds is 4. The van der Waals surface area contributed by atoms with Crippen molar-refractivity contribution in [3.8, 4) is 5.75 Å².